The molecule has 2 heterocycles. The third kappa shape index (κ3) is 3.52. The zero-order valence-electron chi connectivity index (χ0n) is 12.0. The molecule has 0 atom stereocenters. The van der Waals surface area contributed by atoms with E-state index in [0.29, 0.717) is 30.1 Å². The van der Waals surface area contributed by atoms with Crippen molar-refractivity contribution in [3.05, 3.63) is 35.5 Å². The normalized spacial score (nSPS) is 12.0. The zero-order valence-corrected chi connectivity index (χ0v) is 12.9. The Bertz CT molecular complexity index is 689. The molecule has 0 bridgehead atoms. The van der Waals surface area contributed by atoms with E-state index in [4.69, 9.17) is 9.52 Å². The minimum absolute atomic E-state index is 0.0389. The van der Waals surface area contributed by atoms with E-state index in [1.807, 2.05) is 0 Å². The highest BCUT2D eigenvalue weighted by molar-refractivity contribution is 7.89. The fourth-order valence-electron chi connectivity index (χ4n) is 2.16. The number of aliphatic hydroxyl groups excluding tert-OH is 1. The Kier molecular flexibility index (Phi) is 4.81. The molecule has 0 aromatic carbocycles. The molecular weight excluding hydrogens is 294 g/mol. The summed E-state index contributed by atoms with van der Waals surface area (Å²) in [5.74, 6) is 0.543. The number of nitrogens with zero attached hydrogens (tertiary/aromatic N) is 2. The highest BCUT2D eigenvalue weighted by Crippen LogP contribution is 2.19. The summed E-state index contributed by atoms with van der Waals surface area (Å²) >= 11 is 0. The molecule has 0 radical (unpaired) electrons. The quantitative estimate of drug-likeness (QED) is 0.793. The second kappa shape index (κ2) is 6.42. The van der Waals surface area contributed by atoms with Gasteiger partial charge < -0.3 is 9.52 Å². The summed E-state index contributed by atoms with van der Waals surface area (Å²) in [5.41, 5.74) is 1.00. The van der Waals surface area contributed by atoms with E-state index >= 15 is 0 Å². The van der Waals surface area contributed by atoms with Crippen molar-refractivity contribution in [1.29, 1.82) is 0 Å². The average molecular weight is 313 g/mol. The topological polar surface area (TPSA) is 97.4 Å². The van der Waals surface area contributed by atoms with Gasteiger partial charge in [0, 0.05) is 13.2 Å². The average Bonchev–Trinajstić information content (AvgIpc) is 3.03. The van der Waals surface area contributed by atoms with E-state index in [9.17, 15) is 8.42 Å². The molecular formula is C13H19N3O4S. The molecule has 21 heavy (non-hydrogen) atoms. The van der Waals surface area contributed by atoms with Crippen molar-refractivity contribution in [1.82, 2.24) is 14.5 Å². The first-order valence-corrected chi connectivity index (χ1v) is 8.11. The lowest BCUT2D eigenvalue weighted by molar-refractivity contribution is 0.276. The van der Waals surface area contributed by atoms with Crippen molar-refractivity contribution in [3.8, 4) is 0 Å². The molecule has 2 rings (SSSR count). The lowest BCUT2D eigenvalue weighted by atomic mass is 10.4. The van der Waals surface area contributed by atoms with E-state index in [1.165, 1.54) is 6.26 Å². The van der Waals surface area contributed by atoms with Gasteiger partial charge in [0.15, 0.2) is 0 Å². The third-order valence-corrected chi connectivity index (χ3v) is 4.78. The highest BCUT2D eigenvalue weighted by atomic mass is 32.2. The molecule has 2 aromatic heterocycles. The van der Waals surface area contributed by atoms with Crippen molar-refractivity contribution < 1.29 is 17.9 Å². The van der Waals surface area contributed by atoms with Gasteiger partial charge in [-0.05, 0) is 32.4 Å². The lowest BCUT2D eigenvalue weighted by Gasteiger charge is -2.07. The third-order valence-electron chi connectivity index (χ3n) is 3.13. The molecule has 0 amide bonds. The largest absolute Gasteiger partial charge is 0.468 e. The highest BCUT2D eigenvalue weighted by Gasteiger charge is 2.24. The van der Waals surface area contributed by atoms with Crippen LogP contribution in [-0.4, -0.2) is 29.9 Å². The van der Waals surface area contributed by atoms with Crippen molar-refractivity contribution in [2.75, 3.05) is 6.61 Å². The van der Waals surface area contributed by atoms with E-state index in [0.717, 1.165) is 0 Å². The summed E-state index contributed by atoms with van der Waals surface area (Å²) in [6, 6.07) is 3.40. The fraction of sp³-hybridized carbons (Fsp3) is 0.462. The predicted octanol–water partition coefficient (Wildman–Crippen LogP) is 0.954. The molecule has 0 saturated carbocycles. The molecule has 0 aliphatic heterocycles. The Balaban J connectivity index is 2.21. The Morgan fingerprint density at radius 3 is 2.81 bits per heavy atom. The predicted molar refractivity (Wildman–Crippen MR) is 76.1 cm³/mol. The van der Waals surface area contributed by atoms with Gasteiger partial charge in [0.25, 0.3) is 0 Å². The van der Waals surface area contributed by atoms with E-state index in [1.54, 1.807) is 30.7 Å². The minimum Gasteiger partial charge on any atom is -0.468 e. The molecule has 0 spiro atoms. The Morgan fingerprint density at radius 2 is 2.19 bits per heavy atom. The fourth-order valence-corrected chi connectivity index (χ4v) is 3.56. The van der Waals surface area contributed by atoms with E-state index in [-0.39, 0.29) is 18.0 Å². The number of aromatic nitrogens is 2. The smallest absolute Gasteiger partial charge is 0.244 e. The summed E-state index contributed by atoms with van der Waals surface area (Å²) in [6.07, 6.45) is 2.02. The van der Waals surface area contributed by atoms with Crippen LogP contribution in [0.15, 0.2) is 27.7 Å². The summed E-state index contributed by atoms with van der Waals surface area (Å²) in [6.45, 7) is 3.98. The molecule has 2 N–H and O–H groups in total. The van der Waals surface area contributed by atoms with Gasteiger partial charge in [-0.2, -0.15) is 5.10 Å². The summed E-state index contributed by atoms with van der Waals surface area (Å²) < 4.78 is 34.0. The summed E-state index contributed by atoms with van der Waals surface area (Å²) in [7, 11) is -3.66. The Morgan fingerprint density at radius 1 is 1.43 bits per heavy atom. The van der Waals surface area contributed by atoms with Crippen LogP contribution in [0.4, 0.5) is 0 Å². The molecule has 0 fully saturated rings. The molecule has 116 valence electrons. The van der Waals surface area contributed by atoms with Gasteiger partial charge in [-0.3, -0.25) is 4.68 Å². The van der Waals surface area contributed by atoms with Gasteiger partial charge in [0.05, 0.1) is 24.2 Å². The monoisotopic (exact) mass is 313 g/mol. The second-order valence-corrected chi connectivity index (χ2v) is 6.41. The van der Waals surface area contributed by atoms with Crippen LogP contribution in [-0.2, 0) is 23.1 Å². The van der Waals surface area contributed by atoms with Crippen LogP contribution in [0.5, 0.6) is 0 Å². The maximum Gasteiger partial charge on any atom is 0.244 e. The van der Waals surface area contributed by atoms with Crippen molar-refractivity contribution in [3.63, 3.8) is 0 Å². The molecule has 2 aromatic rings. The van der Waals surface area contributed by atoms with Gasteiger partial charge in [0.2, 0.25) is 10.0 Å². The van der Waals surface area contributed by atoms with Crippen LogP contribution >= 0.6 is 0 Å². The molecule has 8 heteroatoms. The van der Waals surface area contributed by atoms with Crippen molar-refractivity contribution in [2.24, 2.45) is 0 Å². The maximum absolute atomic E-state index is 12.4. The van der Waals surface area contributed by atoms with Crippen molar-refractivity contribution in [2.45, 2.75) is 38.3 Å². The van der Waals surface area contributed by atoms with Crippen LogP contribution in [0.3, 0.4) is 0 Å². The van der Waals surface area contributed by atoms with Crippen LogP contribution in [0.1, 0.15) is 23.6 Å². The van der Waals surface area contributed by atoms with Gasteiger partial charge in [-0.25, -0.2) is 13.1 Å². The first-order chi connectivity index (χ1) is 9.95. The number of aryl methyl sites for hydroxylation is 2. The van der Waals surface area contributed by atoms with E-state index in [2.05, 4.69) is 9.82 Å². The first kappa shape index (κ1) is 15.7. The summed E-state index contributed by atoms with van der Waals surface area (Å²) in [4.78, 5) is 0.187. The summed E-state index contributed by atoms with van der Waals surface area (Å²) in [5, 5.41) is 13.1. The molecule has 0 aliphatic carbocycles. The number of rotatable bonds is 7. The lowest BCUT2D eigenvalue weighted by Crippen LogP contribution is -2.24. The van der Waals surface area contributed by atoms with Crippen LogP contribution in [0.2, 0.25) is 0 Å². The maximum atomic E-state index is 12.4. The molecule has 7 nitrogen and oxygen atoms in total. The minimum atomic E-state index is -3.66. The Hall–Kier alpha value is -1.64. The van der Waals surface area contributed by atoms with Crippen LogP contribution in [0, 0.1) is 13.8 Å². The standard InChI is InChI=1S/C13H19N3O4S/c1-10-13(11(2)16(15-10)6-4-7-17)21(18,19)14-9-12-5-3-8-20-12/h3,5,8,14,17H,4,6-7,9H2,1-2H3. The van der Waals surface area contributed by atoms with Gasteiger partial charge in [-0.15, -0.1) is 0 Å². The van der Waals surface area contributed by atoms with Crippen LogP contribution in [0.25, 0.3) is 0 Å². The number of nitrogens with one attached hydrogen (secondary N) is 1. The van der Waals surface area contributed by atoms with Gasteiger partial charge in [0.1, 0.15) is 10.7 Å². The van der Waals surface area contributed by atoms with Crippen LogP contribution < -0.4 is 4.72 Å². The molecule has 0 unspecified atom stereocenters. The van der Waals surface area contributed by atoms with Crippen molar-refractivity contribution >= 4 is 10.0 Å². The second-order valence-electron chi connectivity index (χ2n) is 4.70. The number of sulfonamides is 1. The molecule has 0 saturated heterocycles. The zero-order chi connectivity index (χ0) is 15.5. The van der Waals surface area contributed by atoms with E-state index < -0.39 is 10.0 Å². The Labute approximate surface area is 123 Å². The van der Waals surface area contributed by atoms with Gasteiger partial charge in [-0.1, -0.05) is 0 Å². The molecule has 0 aliphatic rings. The van der Waals surface area contributed by atoms with Gasteiger partial charge >= 0.3 is 0 Å². The SMILES string of the molecule is Cc1nn(CCCO)c(C)c1S(=O)(=O)NCc1ccco1. The number of furan rings is 1. The number of hydrogen-bond acceptors (Lipinski definition) is 5. The number of hydrogen-bond donors (Lipinski definition) is 2. The first-order valence-electron chi connectivity index (χ1n) is 6.62. The number of aliphatic hydroxyl groups is 1.